The Morgan fingerprint density at radius 2 is 2.07 bits per heavy atom. The fourth-order valence-corrected chi connectivity index (χ4v) is 5.46. The summed E-state index contributed by atoms with van der Waals surface area (Å²) in [6.07, 6.45) is 5.06. The Morgan fingerprint density at radius 1 is 1.25 bits per heavy atom. The molecular weight excluding hydrogens is 376 g/mol. The molecule has 0 unspecified atom stereocenters. The van der Waals surface area contributed by atoms with E-state index in [-0.39, 0.29) is 17.7 Å². The van der Waals surface area contributed by atoms with Crippen molar-refractivity contribution in [2.75, 3.05) is 24.3 Å². The predicted octanol–water partition coefficient (Wildman–Crippen LogP) is 3.05. The molecule has 8 heteroatoms. The third kappa shape index (κ3) is 3.56. The number of aromatic amines is 1. The van der Waals surface area contributed by atoms with Gasteiger partial charge in [0.25, 0.3) is 0 Å². The van der Waals surface area contributed by atoms with Crippen molar-refractivity contribution in [1.82, 2.24) is 15.0 Å². The fraction of sp³-hybridized carbons (Fsp3) is 0.400. The molecule has 3 aromatic rings. The summed E-state index contributed by atoms with van der Waals surface area (Å²) in [5.41, 5.74) is 0.810. The Bertz CT molecular complexity index is 1070. The van der Waals surface area contributed by atoms with Crippen LogP contribution in [0.25, 0.3) is 11.0 Å². The minimum absolute atomic E-state index is 0.150. The van der Waals surface area contributed by atoms with Crippen LogP contribution in [0.15, 0.2) is 47.8 Å². The molecule has 0 radical (unpaired) electrons. The third-order valence-electron chi connectivity index (χ3n) is 5.36. The van der Waals surface area contributed by atoms with Gasteiger partial charge < -0.3 is 14.6 Å². The minimum Gasteiger partial charge on any atom is -0.494 e. The van der Waals surface area contributed by atoms with Crippen LogP contribution in [0.1, 0.15) is 19.8 Å². The van der Waals surface area contributed by atoms with Gasteiger partial charge in [-0.25, -0.2) is 18.4 Å². The number of sulfone groups is 1. The van der Waals surface area contributed by atoms with Crippen molar-refractivity contribution in [3.05, 3.63) is 42.9 Å². The van der Waals surface area contributed by atoms with E-state index >= 15 is 0 Å². The van der Waals surface area contributed by atoms with E-state index in [1.807, 2.05) is 26.2 Å². The summed E-state index contributed by atoms with van der Waals surface area (Å²) in [4.78, 5) is 14.2. The van der Waals surface area contributed by atoms with Crippen LogP contribution in [0.5, 0.6) is 5.75 Å². The summed E-state index contributed by atoms with van der Waals surface area (Å²) in [6.45, 7) is 2.39. The van der Waals surface area contributed by atoms with Gasteiger partial charge in [-0.05, 0) is 49.9 Å². The molecule has 2 heterocycles. The first kappa shape index (κ1) is 18.7. The lowest BCUT2D eigenvalue weighted by Crippen LogP contribution is -2.45. The lowest BCUT2D eigenvalue weighted by atomic mass is 9.81. The average molecular weight is 401 g/mol. The molecule has 1 aliphatic carbocycles. The highest BCUT2D eigenvalue weighted by atomic mass is 32.2. The SMILES string of the molecule is CCOc1cccc(S(=O)(=O)C[C@H]2C[C@@H](N(C)c3ncnc4[nH]ccc34)C2)c1. The largest absolute Gasteiger partial charge is 0.494 e. The topological polar surface area (TPSA) is 88.2 Å². The monoisotopic (exact) mass is 400 g/mol. The molecular formula is C20H24N4O3S. The maximum absolute atomic E-state index is 12.8. The standard InChI is InChI=1S/C20H24N4O3S/c1-3-27-16-5-4-6-17(11-16)28(25,26)12-14-9-15(10-14)24(2)20-18-7-8-21-19(18)22-13-23-20/h4-8,11,13-15H,3,9-10,12H2,1-2H3,(H,21,22,23)/t14-,15+. The van der Waals surface area contributed by atoms with Crippen LogP contribution >= 0.6 is 0 Å². The van der Waals surface area contributed by atoms with E-state index in [0.29, 0.717) is 17.3 Å². The first-order valence-corrected chi connectivity index (χ1v) is 11.1. The number of rotatable bonds is 7. The van der Waals surface area contributed by atoms with Crippen LogP contribution in [0.4, 0.5) is 5.82 Å². The lowest BCUT2D eigenvalue weighted by molar-refractivity contribution is 0.282. The van der Waals surface area contributed by atoms with Gasteiger partial charge in [0, 0.05) is 19.3 Å². The zero-order chi connectivity index (χ0) is 19.7. The molecule has 0 atom stereocenters. The van der Waals surface area contributed by atoms with Crippen molar-refractivity contribution in [3.8, 4) is 5.75 Å². The predicted molar refractivity (Wildman–Crippen MR) is 108 cm³/mol. The third-order valence-corrected chi connectivity index (χ3v) is 7.24. The molecule has 0 saturated heterocycles. The van der Waals surface area contributed by atoms with E-state index in [9.17, 15) is 8.42 Å². The number of H-pyrrole nitrogens is 1. The molecule has 7 nitrogen and oxygen atoms in total. The summed E-state index contributed by atoms with van der Waals surface area (Å²) in [6, 6.07) is 9.01. The molecule has 28 heavy (non-hydrogen) atoms. The van der Waals surface area contributed by atoms with Crippen LogP contribution in [-0.2, 0) is 9.84 Å². The van der Waals surface area contributed by atoms with Crippen molar-refractivity contribution < 1.29 is 13.2 Å². The second-order valence-corrected chi connectivity index (χ2v) is 9.26. The van der Waals surface area contributed by atoms with Gasteiger partial charge in [0.15, 0.2) is 9.84 Å². The number of nitrogens with zero attached hydrogens (tertiary/aromatic N) is 3. The van der Waals surface area contributed by atoms with Crippen LogP contribution in [-0.4, -0.2) is 48.8 Å². The molecule has 0 spiro atoms. The van der Waals surface area contributed by atoms with Crippen molar-refractivity contribution in [1.29, 1.82) is 0 Å². The van der Waals surface area contributed by atoms with E-state index in [1.165, 1.54) is 0 Å². The fourth-order valence-electron chi connectivity index (χ4n) is 3.80. The Morgan fingerprint density at radius 3 is 2.86 bits per heavy atom. The molecule has 1 aliphatic rings. The highest BCUT2D eigenvalue weighted by molar-refractivity contribution is 7.91. The van der Waals surface area contributed by atoms with Gasteiger partial charge in [0.05, 0.1) is 22.6 Å². The van der Waals surface area contributed by atoms with E-state index in [0.717, 1.165) is 29.7 Å². The van der Waals surface area contributed by atoms with Gasteiger partial charge in [-0.1, -0.05) is 6.07 Å². The van der Waals surface area contributed by atoms with Crippen LogP contribution in [0, 0.1) is 5.92 Å². The number of fused-ring (bicyclic) bond motifs is 1. The molecule has 4 rings (SSSR count). The second-order valence-electron chi connectivity index (χ2n) is 7.23. The van der Waals surface area contributed by atoms with E-state index in [1.54, 1.807) is 30.6 Å². The number of hydrogen-bond acceptors (Lipinski definition) is 6. The molecule has 1 N–H and O–H groups in total. The number of aromatic nitrogens is 3. The Kier molecular flexibility index (Phi) is 4.97. The van der Waals surface area contributed by atoms with Gasteiger partial charge in [-0.2, -0.15) is 0 Å². The Balaban J connectivity index is 1.41. The maximum Gasteiger partial charge on any atom is 0.178 e. The summed E-state index contributed by atoms with van der Waals surface area (Å²) >= 11 is 0. The Hall–Kier alpha value is -2.61. The van der Waals surface area contributed by atoms with Crippen LogP contribution in [0.2, 0.25) is 0 Å². The molecule has 148 valence electrons. The maximum atomic E-state index is 12.8. The summed E-state index contributed by atoms with van der Waals surface area (Å²) in [7, 11) is -1.32. The summed E-state index contributed by atoms with van der Waals surface area (Å²) < 4.78 is 31.0. The first-order chi connectivity index (χ1) is 13.5. The number of benzene rings is 1. The lowest BCUT2D eigenvalue weighted by Gasteiger charge is -2.41. The molecule has 1 fully saturated rings. The van der Waals surface area contributed by atoms with Gasteiger partial charge in [-0.3, -0.25) is 0 Å². The molecule has 0 amide bonds. The number of hydrogen-bond donors (Lipinski definition) is 1. The summed E-state index contributed by atoms with van der Waals surface area (Å²) in [5, 5.41) is 0.980. The number of anilines is 1. The normalized spacial score (nSPS) is 19.4. The highest BCUT2D eigenvalue weighted by Gasteiger charge is 2.36. The molecule has 1 saturated carbocycles. The van der Waals surface area contributed by atoms with Gasteiger partial charge in [0.2, 0.25) is 0 Å². The van der Waals surface area contributed by atoms with Crippen LogP contribution in [0.3, 0.4) is 0 Å². The molecule has 2 aromatic heterocycles. The van der Waals surface area contributed by atoms with E-state index < -0.39 is 9.84 Å². The van der Waals surface area contributed by atoms with Gasteiger partial charge in [-0.15, -0.1) is 0 Å². The van der Waals surface area contributed by atoms with Gasteiger partial charge in [0.1, 0.15) is 23.5 Å². The minimum atomic E-state index is -3.33. The molecule has 0 aliphatic heterocycles. The molecule has 1 aromatic carbocycles. The van der Waals surface area contributed by atoms with Crippen molar-refractivity contribution in [2.24, 2.45) is 5.92 Å². The number of nitrogens with one attached hydrogen (secondary N) is 1. The number of ether oxygens (including phenoxy) is 1. The van der Waals surface area contributed by atoms with E-state index in [4.69, 9.17) is 4.74 Å². The second kappa shape index (κ2) is 7.43. The smallest absolute Gasteiger partial charge is 0.178 e. The van der Waals surface area contributed by atoms with Crippen molar-refractivity contribution >= 4 is 26.7 Å². The quantitative estimate of drug-likeness (QED) is 0.656. The average Bonchev–Trinajstić information content (AvgIpc) is 3.13. The van der Waals surface area contributed by atoms with Crippen molar-refractivity contribution in [2.45, 2.75) is 30.7 Å². The first-order valence-electron chi connectivity index (χ1n) is 9.44. The van der Waals surface area contributed by atoms with Crippen molar-refractivity contribution in [3.63, 3.8) is 0 Å². The van der Waals surface area contributed by atoms with Crippen LogP contribution < -0.4 is 9.64 Å². The summed E-state index contributed by atoms with van der Waals surface area (Å²) in [5.74, 6) is 1.78. The Labute approximate surface area is 164 Å². The van der Waals surface area contributed by atoms with E-state index in [2.05, 4.69) is 19.9 Å². The van der Waals surface area contributed by atoms with Gasteiger partial charge >= 0.3 is 0 Å². The zero-order valence-corrected chi connectivity index (χ0v) is 16.8. The molecule has 0 bridgehead atoms. The zero-order valence-electron chi connectivity index (χ0n) is 16.0. The highest BCUT2D eigenvalue weighted by Crippen LogP contribution is 2.36.